The average molecular weight is 313 g/mol. The third-order valence-electron chi connectivity index (χ3n) is 2.19. The zero-order valence-corrected chi connectivity index (χ0v) is 11.7. The van der Waals surface area contributed by atoms with E-state index >= 15 is 0 Å². The molecule has 0 radical (unpaired) electrons. The summed E-state index contributed by atoms with van der Waals surface area (Å²) < 4.78 is 5.93. The molecule has 0 aliphatic rings. The number of hydrogen-bond donors (Lipinski definition) is 2. The first-order valence-electron chi connectivity index (χ1n) is 5.41. The summed E-state index contributed by atoms with van der Waals surface area (Å²) in [6.07, 6.45) is 1.58. The standard InChI is InChI=1S/C10H13BrN6O/c1-3-12-10-8(11)7(5-18-2)14-9(15-10)6-4-13-17-16-6/h4H,3,5H2,1-2H3,(H,12,14,15)(H,13,16,17). The van der Waals surface area contributed by atoms with Crippen LogP contribution in [0.2, 0.25) is 0 Å². The van der Waals surface area contributed by atoms with E-state index in [4.69, 9.17) is 4.74 Å². The molecule has 8 heteroatoms. The summed E-state index contributed by atoms with van der Waals surface area (Å²) in [6.45, 7) is 3.16. The Kier molecular flexibility index (Phi) is 4.21. The number of aromatic nitrogens is 5. The number of nitrogens with zero attached hydrogens (tertiary/aromatic N) is 4. The molecule has 0 fully saturated rings. The van der Waals surface area contributed by atoms with Crippen LogP contribution in [-0.2, 0) is 11.3 Å². The SMILES string of the molecule is CCNc1nc(-c2cn[nH]n2)nc(COC)c1Br. The van der Waals surface area contributed by atoms with Crippen molar-refractivity contribution < 1.29 is 4.74 Å². The molecule has 0 saturated carbocycles. The Balaban J connectivity index is 2.47. The summed E-state index contributed by atoms with van der Waals surface area (Å²) in [5, 5.41) is 13.4. The largest absolute Gasteiger partial charge is 0.378 e. The van der Waals surface area contributed by atoms with E-state index in [0.29, 0.717) is 18.1 Å². The van der Waals surface area contributed by atoms with Gasteiger partial charge in [0.15, 0.2) is 5.82 Å². The Morgan fingerprint density at radius 3 is 2.89 bits per heavy atom. The number of aromatic amines is 1. The second kappa shape index (κ2) is 5.87. The molecule has 2 aromatic rings. The molecule has 2 rings (SSSR count). The molecular formula is C10H13BrN6O. The van der Waals surface area contributed by atoms with Crippen molar-refractivity contribution in [3.05, 3.63) is 16.4 Å². The number of H-pyrrole nitrogens is 1. The van der Waals surface area contributed by atoms with E-state index in [1.165, 1.54) is 0 Å². The topological polar surface area (TPSA) is 88.6 Å². The fourth-order valence-corrected chi connectivity index (χ4v) is 1.87. The third-order valence-corrected chi connectivity index (χ3v) is 3.02. The number of rotatable bonds is 5. The predicted molar refractivity (Wildman–Crippen MR) is 70.0 cm³/mol. The van der Waals surface area contributed by atoms with Gasteiger partial charge in [0.25, 0.3) is 0 Å². The molecule has 2 aromatic heterocycles. The van der Waals surface area contributed by atoms with Gasteiger partial charge in [0.1, 0.15) is 11.5 Å². The maximum absolute atomic E-state index is 5.12. The van der Waals surface area contributed by atoms with Gasteiger partial charge in [-0.05, 0) is 22.9 Å². The first kappa shape index (κ1) is 12.9. The lowest BCUT2D eigenvalue weighted by molar-refractivity contribution is 0.181. The molecule has 0 amide bonds. The molecule has 7 nitrogen and oxygen atoms in total. The predicted octanol–water partition coefficient (Wildman–Crippen LogP) is 1.60. The Hall–Kier alpha value is -1.54. The lowest BCUT2D eigenvalue weighted by Gasteiger charge is -2.10. The minimum absolute atomic E-state index is 0.395. The van der Waals surface area contributed by atoms with E-state index in [2.05, 4.69) is 46.6 Å². The second-order valence-corrected chi connectivity index (χ2v) is 4.27. The van der Waals surface area contributed by atoms with Crippen molar-refractivity contribution in [1.82, 2.24) is 25.4 Å². The van der Waals surface area contributed by atoms with E-state index in [0.717, 1.165) is 22.5 Å². The van der Waals surface area contributed by atoms with Gasteiger partial charge in [-0.25, -0.2) is 9.97 Å². The lowest BCUT2D eigenvalue weighted by atomic mass is 10.3. The van der Waals surface area contributed by atoms with E-state index in [-0.39, 0.29) is 0 Å². The van der Waals surface area contributed by atoms with Crippen LogP contribution in [0, 0.1) is 0 Å². The molecule has 0 spiro atoms. The van der Waals surface area contributed by atoms with E-state index in [1.807, 2.05) is 6.92 Å². The van der Waals surface area contributed by atoms with Crippen molar-refractivity contribution >= 4 is 21.7 Å². The third kappa shape index (κ3) is 2.65. The van der Waals surface area contributed by atoms with Crippen LogP contribution >= 0.6 is 15.9 Å². The van der Waals surface area contributed by atoms with Crippen LogP contribution < -0.4 is 5.32 Å². The van der Waals surface area contributed by atoms with E-state index in [1.54, 1.807) is 13.3 Å². The molecule has 96 valence electrons. The van der Waals surface area contributed by atoms with Crippen molar-refractivity contribution in [3.8, 4) is 11.5 Å². The van der Waals surface area contributed by atoms with Gasteiger partial charge in [-0.1, -0.05) is 0 Å². The molecule has 0 unspecified atom stereocenters. The van der Waals surface area contributed by atoms with Gasteiger partial charge in [0.2, 0.25) is 0 Å². The van der Waals surface area contributed by atoms with Crippen molar-refractivity contribution in [2.45, 2.75) is 13.5 Å². The van der Waals surface area contributed by atoms with Gasteiger partial charge in [-0.3, -0.25) is 0 Å². The molecule has 0 aliphatic carbocycles. The average Bonchev–Trinajstić information content (AvgIpc) is 2.88. The van der Waals surface area contributed by atoms with Crippen LogP contribution in [0.4, 0.5) is 5.82 Å². The van der Waals surface area contributed by atoms with Crippen molar-refractivity contribution in [1.29, 1.82) is 0 Å². The van der Waals surface area contributed by atoms with Crippen LogP contribution in [0.1, 0.15) is 12.6 Å². The van der Waals surface area contributed by atoms with E-state index < -0.39 is 0 Å². The highest BCUT2D eigenvalue weighted by Gasteiger charge is 2.14. The number of methoxy groups -OCH3 is 1. The van der Waals surface area contributed by atoms with Gasteiger partial charge in [0.05, 0.1) is 23.0 Å². The molecule has 18 heavy (non-hydrogen) atoms. The monoisotopic (exact) mass is 312 g/mol. The van der Waals surface area contributed by atoms with E-state index in [9.17, 15) is 0 Å². The second-order valence-electron chi connectivity index (χ2n) is 3.48. The van der Waals surface area contributed by atoms with Gasteiger partial charge >= 0.3 is 0 Å². The number of nitrogens with one attached hydrogen (secondary N) is 2. The number of anilines is 1. The molecule has 0 atom stereocenters. The zero-order chi connectivity index (χ0) is 13.0. The highest BCUT2D eigenvalue weighted by atomic mass is 79.9. The molecule has 2 N–H and O–H groups in total. The quantitative estimate of drug-likeness (QED) is 0.872. The Labute approximate surface area is 113 Å². The molecule has 0 saturated heterocycles. The van der Waals surface area contributed by atoms with Crippen LogP contribution in [0.15, 0.2) is 10.7 Å². The van der Waals surface area contributed by atoms with Crippen LogP contribution in [0.25, 0.3) is 11.5 Å². The van der Waals surface area contributed by atoms with Gasteiger partial charge in [-0.15, -0.1) is 0 Å². The summed E-state index contributed by atoms with van der Waals surface area (Å²) in [7, 11) is 1.62. The smallest absolute Gasteiger partial charge is 0.184 e. The first-order valence-corrected chi connectivity index (χ1v) is 6.21. The zero-order valence-electron chi connectivity index (χ0n) is 10.1. The van der Waals surface area contributed by atoms with Gasteiger partial charge in [0, 0.05) is 13.7 Å². The van der Waals surface area contributed by atoms with Crippen LogP contribution in [0.5, 0.6) is 0 Å². The number of ether oxygens (including phenoxy) is 1. The van der Waals surface area contributed by atoms with Crippen molar-refractivity contribution in [3.63, 3.8) is 0 Å². The molecular weight excluding hydrogens is 300 g/mol. The van der Waals surface area contributed by atoms with Crippen LogP contribution in [0.3, 0.4) is 0 Å². The van der Waals surface area contributed by atoms with Crippen LogP contribution in [-0.4, -0.2) is 39.0 Å². The Morgan fingerprint density at radius 2 is 2.28 bits per heavy atom. The molecule has 2 heterocycles. The van der Waals surface area contributed by atoms with Crippen molar-refractivity contribution in [2.24, 2.45) is 0 Å². The normalized spacial score (nSPS) is 10.6. The summed E-state index contributed by atoms with van der Waals surface area (Å²) in [5.41, 5.74) is 1.36. The molecule has 0 aliphatic heterocycles. The van der Waals surface area contributed by atoms with Gasteiger partial charge < -0.3 is 10.1 Å². The lowest BCUT2D eigenvalue weighted by Crippen LogP contribution is -2.07. The van der Waals surface area contributed by atoms with Gasteiger partial charge in [-0.2, -0.15) is 15.4 Å². The Morgan fingerprint density at radius 1 is 1.44 bits per heavy atom. The summed E-state index contributed by atoms with van der Waals surface area (Å²) in [5.74, 6) is 1.23. The fraction of sp³-hybridized carbons (Fsp3) is 0.400. The highest BCUT2D eigenvalue weighted by Crippen LogP contribution is 2.26. The summed E-state index contributed by atoms with van der Waals surface area (Å²) >= 11 is 3.47. The minimum Gasteiger partial charge on any atom is -0.378 e. The molecule has 0 aromatic carbocycles. The number of hydrogen-bond acceptors (Lipinski definition) is 6. The number of halogens is 1. The minimum atomic E-state index is 0.395. The first-order chi connectivity index (χ1) is 8.76. The fourth-order valence-electron chi connectivity index (χ4n) is 1.43. The maximum Gasteiger partial charge on any atom is 0.184 e. The Bertz CT molecular complexity index is 488. The summed E-state index contributed by atoms with van der Waals surface area (Å²) in [6, 6.07) is 0. The summed E-state index contributed by atoms with van der Waals surface area (Å²) in [4.78, 5) is 8.80. The highest BCUT2D eigenvalue weighted by molar-refractivity contribution is 9.10. The van der Waals surface area contributed by atoms with Crippen molar-refractivity contribution in [2.75, 3.05) is 19.0 Å². The molecule has 0 bridgehead atoms. The maximum atomic E-state index is 5.12.